The second kappa shape index (κ2) is 4.96. The van der Waals surface area contributed by atoms with Gasteiger partial charge in [-0.2, -0.15) is 0 Å². The molecule has 18 heavy (non-hydrogen) atoms. The van der Waals surface area contributed by atoms with E-state index >= 15 is 0 Å². The molecule has 1 heterocycles. The summed E-state index contributed by atoms with van der Waals surface area (Å²) in [6.07, 6.45) is 1.23. The SMILES string of the molecule is COc1cccc(C(=O)N2CCC[C@](C)(F)C2)c1. The molecule has 1 aliphatic heterocycles. The monoisotopic (exact) mass is 251 g/mol. The van der Waals surface area contributed by atoms with Crippen molar-refractivity contribution in [3.05, 3.63) is 29.8 Å². The smallest absolute Gasteiger partial charge is 0.254 e. The number of carbonyl (C=O) groups excluding carboxylic acids is 1. The molecule has 1 aromatic carbocycles. The van der Waals surface area contributed by atoms with E-state index in [4.69, 9.17) is 4.74 Å². The lowest BCUT2D eigenvalue weighted by molar-refractivity contribution is 0.0417. The largest absolute Gasteiger partial charge is 0.497 e. The number of halogens is 1. The molecule has 0 unspecified atom stereocenters. The number of likely N-dealkylation sites (tertiary alicyclic amines) is 1. The zero-order valence-corrected chi connectivity index (χ0v) is 10.8. The van der Waals surface area contributed by atoms with E-state index in [0.29, 0.717) is 30.7 Å². The third kappa shape index (κ3) is 2.81. The number of alkyl halides is 1. The Kier molecular flexibility index (Phi) is 3.55. The number of piperidine rings is 1. The van der Waals surface area contributed by atoms with E-state index in [-0.39, 0.29) is 12.5 Å². The Hall–Kier alpha value is -1.58. The van der Waals surface area contributed by atoms with Gasteiger partial charge in [-0.3, -0.25) is 4.79 Å². The quantitative estimate of drug-likeness (QED) is 0.808. The average molecular weight is 251 g/mol. The first kappa shape index (κ1) is 12.9. The number of hydrogen-bond acceptors (Lipinski definition) is 2. The molecule has 1 amide bonds. The van der Waals surface area contributed by atoms with E-state index in [1.54, 1.807) is 43.2 Å². The number of amides is 1. The second-order valence-corrected chi connectivity index (χ2v) is 4.98. The molecule has 98 valence electrons. The van der Waals surface area contributed by atoms with Crippen LogP contribution in [0.4, 0.5) is 4.39 Å². The van der Waals surface area contributed by atoms with Crippen molar-refractivity contribution < 1.29 is 13.9 Å². The molecule has 2 rings (SSSR count). The molecule has 1 aromatic rings. The maximum absolute atomic E-state index is 13.9. The summed E-state index contributed by atoms with van der Waals surface area (Å²) in [7, 11) is 1.56. The van der Waals surface area contributed by atoms with Crippen molar-refractivity contribution >= 4 is 5.91 Å². The van der Waals surface area contributed by atoms with Crippen LogP contribution in [0.3, 0.4) is 0 Å². The van der Waals surface area contributed by atoms with Crippen LogP contribution in [0.15, 0.2) is 24.3 Å². The van der Waals surface area contributed by atoms with Crippen molar-refractivity contribution in [1.29, 1.82) is 0 Å². The van der Waals surface area contributed by atoms with Gasteiger partial charge in [0, 0.05) is 12.1 Å². The Morgan fingerprint density at radius 2 is 2.28 bits per heavy atom. The fraction of sp³-hybridized carbons (Fsp3) is 0.500. The van der Waals surface area contributed by atoms with Crippen LogP contribution in [0, 0.1) is 0 Å². The van der Waals surface area contributed by atoms with Gasteiger partial charge in [-0.1, -0.05) is 6.07 Å². The zero-order chi connectivity index (χ0) is 13.2. The maximum Gasteiger partial charge on any atom is 0.254 e. The molecule has 0 radical (unpaired) electrons. The third-order valence-electron chi connectivity index (χ3n) is 3.25. The van der Waals surface area contributed by atoms with Crippen LogP contribution >= 0.6 is 0 Å². The van der Waals surface area contributed by atoms with Gasteiger partial charge in [0.15, 0.2) is 0 Å². The first-order valence-electron chi connectivity index (χ1n) is 6.14. The molecule has 0 spiro atoms. The fourth-order valence-electron chi connectivity index (χ4n) is 2.31. The van der Waals surface area contributed by atoms with Crippen LogP contribution in [-0.4, -0.2) is 36.7 Å². The number of benzene rings is 1. The van der Waals surface area contributed by atoms with Gasteiger partial charge in [-0.25, -0.2) is 4.39 Å². The van der Waals surface area contributed by atoms with Crippen LogP contribution in [0.25, 0.3) is 0 Å². The van der Waals surface area contributed by atoms with Gasteiger partial charge in [0.2, 0.25) is 0 Å². The van der Waals surface area contributed by atoms with E-state index in [0.717, 1.165) is 0 Å². The van der Waals surface area contributed by atoms with Gasteiger partial charge in [0.25, 0.3) is 5.91 Å². The van der Waals surface area contributed by atoms with Gasteiger partial charge in [0.1, 0.15) is 11.4 Å². The average Bonchev–Trinajstić information content (AvgIpc) is 2.37. The van der Waals surface area contributed by atoms with Crippen LogP contribution in [0.5, 0.6) is 5.75 Å². The van der Waals surface area contributed by atoms with Crippen molar-refractivity contribution in [3.63, 3.8) is 0 Å². The van der Waals surface area contributed by atoms with E-state index < -0.39 is 5.67 Å². The van der Waals surface area contributed by atoms with E-state index in [9.17, 15) is 9.18 Å². The number of methoxy groups -OCH3 is 1. The predicted molar refractivity (Wildman–Crippen MR) is 67.6 cm³/mol. The molecule has 0 aliphatic carbocycles. The van der Waals surface area contributed by atoms with E-state index in [1.807, 2.05) is 0 Å². The van der Waals surface area contributed by atoms with Crippen LogP contribution in [0.2, 0.25) is 0 Å². The molecule has 0 aromatic heterocycles. The normalized spacial score (nSPS) is 23.8. The number of carbonyl (C=O) groups is 1. The molecule has 0 saturated carbocycles. The molecule has 0 N–H and O–H groups in total. The van der Waals surface area contributed by atoms with Crippen molar-refractivity contribution in [1.82, 2.24) is 4.90 Å². The Bertz CT molecular complexity index is 445. The van der Waals surface area contributed by atoms with Crippen molar-refractivity contribution in [2.24, 2.45) is 0 Å². The number of ether oxygens (including phenoxy) is 1. The van der Waals surface area contributed by atoms with Gasteiger partial charge in [0.05, 0.1) is 13.7 Å². The molecule has 0 bridgehead atoms. The number of rotatable bonds is 2. The molecule has 1 saturated heterocycles. The molecule has 1 fully saturated rings. The van der Waals surface area contributed by atoms with Crippen LogP contribution < -0.4 is 4.74 Å². The Morgan fingerprint density at radius 1 is 1.50 bits per heavy atom. The fourth-order valence-corrected chi connectivity index (χ4v) is 2.31. The summed E-state index contributed by atoms with van der Waals surface area (Å²) < 4.78 is 19.0. The molecular formula is C14H18FNO2. The summed E-state index contributed by atoms with van der Waals surface area (Å²) in [6.45, 7) is 2.34. The summed E-state index contributed by atoms with van der Waals surface area (Å²) in [4.78, 5) is 13.8. The minimum atomic E-state index is -1.27. The van der Waals surface area contributed by atoms with Gasteiger partial charge >= 0.3 is 0 Å². The maximum atomic E-state index is 13.9. The number of nitrogens with zero attached hydrogens (tertiary/aromatic N) is 1. The molecule has 3 nitrogen and oxygen atoms in total. The lowest BCUT2D eigenvalue weighted by atomic mass is 9.96. The Labute approximate surface area is 107 Å². The van der Waals surface area contributed by atoms with Crippen molar-refractivity contribution in [3.8, 4) is 5.75 Å². The highest BCUT2D eigenvalue weighted by molar-refractivity contribution is 5.94. The first-order chi connectivity index (χ1) is 8.52. The second-order valence-electron chi connectivity index (χ2n) is 4.98. The van der Waals surface area contributed by atoms with E-state index in [2.05, 4.69) is 0 Å². The van der Waals surface area contributed by atoms with Gasteiger partial charge in [-0.15, -0.1) is 0 Å². The lowest BCUT2D eigenvalue weighted by Gasteiger charge is -2.35. The molecule has 1 atom stereocenters. The molecular weight excluding hydrogens is 233 g/mol. The summed E-state index contributed by atoms with van der Waals surface area (Å²) in [5.74, 6) is 0.512. The Morgan fingerprint density at radius 3 is 2.94 bits per heavy atom. The zero-order valence-electron chi connectivity index (χ0n) is 10.8. The summed E-state index contributed by atoms with van der Waals surface area (Å²) in [6, 6.07) is 6.97. The molecule has 4 heteroatoms. The van der Waals surface area contributed by atoms with Crippen molar-refractivity contribution in [2.75, 3.05) is 20.2 Å². The third-order valence-corrected chi connectivity index (χ3v) is 3.25. The number of hydrogen-bond donors (Lipinski definition) is 0. The van der Waals surface area contributed by atoms with E-state index in [1.165, 1.54) is 0 Å². The van der Waals surface area contributed by atoms with Gasteiger partial charge in [-0.05, 0) is 38.0 Å². The standard InChI is InChI=1S/C14H18FNO2/c1-14(15)7-4-8-16(10-14)13(17)11-5-3-6-12(9-11)18-2/h3,5-6,9H,4,7-8,10H2,1-2H3/t14-/m0/s1. The lowest BCUT2D eigenvalue weighted by Crippen LogP contribution is -2.46. The van der Waals surface area contributed by atoms with Crippen molar-refractivity contribution in [2.45, 2.75) is 25.4 Å². The summed E-state index contributed by atoms with van der Waals surface area (Å²) in [5.41, 5.74) is -0.723. The highest BCUT2D eigenvalue weighted by Gasteiger charge is 2.33. The van der Waals surface area contributed by atoms with Crippen LogP contribution in [0.1, 0.15) is 30.1 Å². The minimum absolute atomic E-state index is 0.127. The molecule has 1 aliphatic rings. The summed E-state index contributed by atoms with van der Waals surface area (Å²) in [5, 5.41) is 0. The minimum Gasteiger partial charge on any atom is -0.497 e. The topological polar surface area (TPSA) is 29.5 Å². The van der Waals surface area contributed by atoms with Crippen LogP contribution in [-0.2, 0) is 0 Å². The summed E-state index contributed by atoms with van der Waals surface area (Å²) >= 11 is 0. The predicted octanol–water partition coefficient (Wildman–Crippen LogP) is 2.66. The first-order valence-corrected chi connectivity index (χ1v) is 6.14. The highest BCUT2D eigenvalue weighted by atomic mass is 19.1. The highest BCUT2D eigenvalue weighted by Crippen LogP contribution is 2.26. The van der Waals surface area contributed by atoms with Gasteiger partial charge < -0.3 is 9.64 Å². The Balaban J connectivity index is 2.15.